The number of likely N-dealkylation sites (N-methyl/N-ethyl adjacent to an activating group) is 1. The van der Waals surface area contributed by atoms with Crippen molar-refractivity contribution >= 4 is 17.3 Å². The number of nitro groups is 1. The maximum atomic E-state index is 12.3. The number of non-ortho nitro benzene ring substituents is 1. The van der Waals surface area contributed by atoms with E-state index in [-0.39, 0.29) is 11.6 Å². The van der Waals surface area contributed by atoms with Crippen LogP contribution in [0.1, 0.15) is 18.9 Å². The molecule has 1 aromatic rings. The Kier molecular flexibility index (Phi) is 3.86. The van der Waals surface area contributed by atoms with Gasteiger partial charge in [0.05, 0.1) is 10.6 Å². The molecule has 104 valence electrons. The maximum absolute atomic E-state index is 12.3. The number of hydrogen-bond acceptors (Lipinski definition) is 4. The van der Waals surface area contributed by atoms with Crippen LogP contribution >= 0.6 is 0 Å². The Labute approximate surface area is 114 Å². The van der Waals surface area contributed by atoms with E-state index in [1.54, 1.807) is 13.0 Å². The molecule has 1 unspecified atom stereocenters. The average molecular weight is 275 g/mol. The van der Waals surface area contributed by atoms with Crippen LogP contribution < -0.4 is 4.90 Å². The topological polar surface area (TPSA) is 112 Å². The Hall–Kier alpha value is -2.60. The number of nitro benzene ring substituents is 1. The van der Waals surface area contributed by atoms with E-state index in [1.807, 2.05) is 0 Å². The number of hydrogen-bond donors (Lipinski definition) is 0. The summed E-state index contributed by atoms with van der Waals surface area (Å²) in [7, 11) is 0. The lowest BCUT2D eigenvalue weighted by atomic mass is 10.1. The molecule has 1 aromatic carbocycles. The van der Waals surface area contributed by atoms with Gasteiger partial charge in [0.25, 0.3) is 5.69 Å². The summed E-state index contributed by atoms with van der Waals surface area (Å²) in [5.74, 6) is -0.315. The lowest BCUT2D eigenvalue weighted by Gasteiger charge is -2.22. The normalized spacial score (nSPS) is 17.9. The Bertz CT molecular complexity index is 609. The highest BCUT2D eigenvalue weighted by Crippen LogP contribution is 2.31. The lowest BCUT2D eigenvalue weighted by Crippen LogP contribution is -2.37. The van der Waals surface area contributed by atoms with Crippen molar-refractivity contribution in [2.75, 3.05) is 11.4 Å². The minimum absolute atomic E-state index is 0.0581. The molecule has 2 rings (SSSR count). The zero-order valence-corrected chi connectivity index (χ0v) is 10.9. The predicted molar refractivity (Wildman–Crippen MR) is 72.4 cm³/mol. The van der Waals surface area contributed by atoms with E-state index in [1.165, 1.54) is 17.0 Å². The van der Waals surface area contributed by atoms with Crippen LogP contribution in [-0.4, -0.2) is 23.4 Å². The largest absolute Gasteiger partial charge is 0.312 e. The van der Waals surface area contributed by atoms with E-state index in [4.69, 9.17) is 5.53 Å². The van der Waals surface area contributed by atoms with Crippen LogP contribution in [0.3, 0.4) is 0 Å². The molecule has 0 bridgehead atoms. The zero-order chi connectivity index (χ0) is 14.7. The number of fused-ring (bicyclic) bond motifs is 1. The molecular weight excluding hydrogens is 262 g/mol. The van der Waals surface area contributed by atoms with Gasteiger partial charge in [-0.3, -0.25) is 14.9 Å². The molecule has 1 aliphatic rings. The molecule has 0 radical (unpaired) electrons. The molecule has 1 atom stereocenters. The highest BCUT2D eigenvalue weighted by atomic mass is 16.6. The molecule has 8 nitrogen and oxygen atoms in total. The molecular formula is C12H13N5O3. The van der Waals surface area contributed by atoms with Crippen molar-refractivity contribution < 1.29 is 9.72 Å². The summed E-state index contributed by atoms with van der Waals surface area (Å²) < 4.78 is 0. The number of amides is 1. The first kappa shape index (κ1) is 13.8. The van der Waals surface area contributed by atoms with Gasteiger partial charge in [-0.15, -0.1) is 0 Å². The van der Waals surface area contributed by atoms with Crippen LogP contribution in [0.15, 0.2) is 23.3 Å². The van der Waals surface area contributed by atoms with Gasteiger partial charge in [-0.25, -0.2) is 0 Å². The Morgan fingerprint density at radius 3 is 2.95 bits per heavy atom. The third-order valence-corrected chi connectivity index (χ3v) is 3.32. The van der Waals surface area contributed by atoms with Crippen molar-refractivity contribution in [1.82, 2.24) is 0 Å². The van der Waals surface area contributed by atoms with E-state index in [0.29, 0.717) is 25.1 Å². The Morgan fingerprint density at radius 2 is 2.35 bits per heavy atom. The van der Waals surface area contributed by atoms with Gasteiger partial charge in [-0.2, -0.15) is 0 Å². The molecule has 20 heavy (non-hydrogen) atoms. The summed E-state index contributed by atoms with van der Waals surface area (Å²) in [6.07, 6.45) is 0.948. The van der Waals surface area contributed by atoms with Crippen molar-refractivity contribution in [1.29, 1.82) is 0 Å². The molecule has 0 fully saturated rings. The average Bonchev–Trinajstić information content (AvgIpc) is 2.56. The predicted octanol–water partition coefficient (Wildman–Crippen LogP) is 2.57. The standard InChI is InChI=1S/C12H13N5O3/c1-2-16-11-7-9(17(19)20)5-3-8(11)4-6-10(12(16)18)14-15-13/h3,5,7,10H,2,4,6H2,1H3. The Balaban J connectivity index is 2.51. The van der Waals surface area contributed by atoms with Crippen molar-refractivity contribution in [3.05, 3.63) is 44.3 Å². The van der Waals surface area contributed by atoms with Crippen molar-refractivity contribution in [2.24, 2.45) is 5.11 Å². The monoisotopic (exact) mass is 275 g/mol. The Morgan fingerprint density at radius 1 is 1.60 bits per heavy atom. The summed E-state index contributed by atoms with van der Waals surface area (Å²) in [6.45, 7) is 2.14. The SMILES string of the molecule is CCN1C(=O)C(N=[N+]=[N-])CCc2ccc([N+](=O)[O-])cc21. The first-order valence-electron chi connectivity index (χ1n) is 6.21. The second-order valence-electron chi connectivity index (χ2n) is 4.41. The van der Waals surface area contributed by atoms with Gasteiger partial charge in [-0.05, 0) is 30.9 Å². The molecule has 8 heteroatoms. The van der Waals surface area contributed by atoms with Gasteiger partial charge in [0.1, 0.15) is 6.04 Å². The first-order valence-corrected chi connectivity index (χ1v) is 6.21. The van der Waals surface area contributed by atoms with Crippen molar-refractivity contribution in [2.45, 2.75) is 25.8 Å². The summed E-state index contributed by atoms with van der Waals surface area (Å²) in [4.78, 5) is 26.8. The summed E-state index contributed by atoms with van der Waals surface area (Å²) in [5.41, 5.74) is 9.84. The van der Waals surface area contributed by atoms with Gasteiger partial charge in [0, 0.05) is 23.6 Å². The minimum Gasteiger partial charge on any atom is -0.312 e. The van der Waals surface area contributed by atoms with Crippen LogP contribution in [0, 0.1) is 10.1 Å². The van der Waals surface area contributed by atoms with Crippen LogP contribution in [0.5, 0.6) is 0 Å². The molecule has 0 saturated carbocycles. The molecule has 0 N–H and O–H groups in total. The van der Waals surface area contributed by atoms with Crippen LogP contribution in [0.4, 0.5) is 11.4 Å². The number of benzene rings is 1. The first-order chi connectivity index (χ1) is 9.58. The summed E-state index contributed by atoms with van der Waals surface area (Å²) in [6, 6.07) is 3.72. The third-order valence-electron chi connectivity index (χ3n) is 3.32. The molecule has 1 heterocycles. The molecule has 0 aromatic heterocycles. The van der Waals surface area contributed by atoms with Crippen molar-refractivity contribution in [3.8, 4) is 0 Å². The quantitative estimate of drug-likeness (QED) is 0.277. The van der Waals surface area contributed by atoms with E-state index >= 15 is 0 Å². The van der Waals surface area contributed by atoms with E-state index in [2.05, 4.69) is 10.0 Å². The number of aryl methyl sites for hydroxylation is 1. The highest BCUT2D eigenvalue weighted by Gasteiger charge is 2.29. The van der Waals surface area contributed by atoms with E-state index < -0.39 is 11.0 Å². The fraction of sp³-hybridized carbons (Fsp3) is 0.417. The van der Waals surface area contributed by atoms with E-state index in [9.17, 15) is 14.9 Å². The van der Waals surface area contributed by atoms with Gasteiger partial charge in [-0.1, -0.05) is 11.2 Å². The van der Waals surface area contributed by atoms with Crippen LogP contribution in [0.25, 0.3) is 10.4 Å². The molecule has 1 amide bonds. The van der Waals surface area contributed by atoms with E-state index in [0.717, 1.165) is 5.56 Å². The number of azide groups is 1. The maximum Gasteiger partial charge on any atom is 0.271 e. The number of nitrogens with zero attached hydrogens (tertiary/aromatic N) is 5. The van der Waals surface area contributed by atoms with Crippen molar-refractivity contribution in [3.63, 3.8) is 0 Å². The molecule has 0 spiro atoms. The molecule has 0 saturated heterocycles. The van der Waals surface area contributed by atoms with Crippen LogP contribution in [-0.2, 0) is 11.2 Å². The fourth-order valence-corrected chi connectivity index (χ4v) is 2.34. The minimum atomic E-state index is -0.758. The number of carbonyl (C=O) groups is 1. The summed E-state index contributed by atoms with van der Waals surface area (Å²) in [5, 5.41) is 14.4. The number of anilines is 1. The van der Waals surface area contributed by atoms with Gasteiger partial charge >= 0.3 is 0 Å². The zero-order valence-electron chi connectivity index (χ0n) is 10.9. The summed E-state index contributed by atoms with van der Waals surface area (Å²) >= 11 is 0. The highest BCUT2D eigenvalue weighted by molar-refractivity contribution is 5.99. The van der Waals surface area contributed by atoms with Gasteiger partial charge in [0.15, 0.2) is 0 Å². The third kappa shape index (κ3) is 2.41. The lowest BCUT2D eigenvalue weighted by molar-refractivity contribution is -0.384. The molecule has 0 aliphatic carbocycles. The fourth-order valence-electron chi connectivity index (χ4n) is 2.34. The number of rotatable bonds is 3. The second kappa shape index (κ2) is 5.58. The van der Waals surface area contributed by atoms with Gasteiger partial charge in [0.2, 0.25) is 5.91 Å². The second-order valence-corrected chi connectivity index (χ2v) is 4.41. The smallest absolute Gasteiger partial charge is 0.271 e. The van der Waals surface area contributed by atoms with Crippen LogP contribution in [0.2, 0.25) is 0 Å². The number of carbonyl (C=O) groups excluding carboxylic acids is 1. The van der Waals surface area contributed by atoms with Gasteiger partial charge < -0.3 is 4.90 Å². The molecule has 1 aliphatic heterocycles.